The van der Waals surface area contributed by atoms with E-state index in [-0.39, 0.29) is 13.0 Å². The topological polar surface area (TPSA) is 130 Å². The number of alkyl halides is 3. The lowest BCUT2D eigenvalue weighted by Gasteiger charge is -2.12. The number of nitrogens with zero attached hydrogens (tertiary/aromatic N) is 1. The highest BCUT2D eigenvalue weighted by Crippen LogP contribution is 2.13. The minimum Gasteiger partial charge on any atom is -0.475 e. The van der Waals surface area contributed by atoms with Gasteiger partial charge in [-0.15, -0.1) is 0 Å². The molecule has 1 aliphatic rings. The average Bonchev–Trinajstić information content (AvgIpc) is 2.66. The van der Waals surface area contributed by atoms with Gasteiger partial charge in [0.05, 0.1) is 0 Å². The number of carbonyl (C=O) groups is 4. The molecule has 11 heteroatoms. The lowest BCUT2D eigenvalue weighted by atomic mass is 10.4. The van der Waals surface area contributed by atoms with Crippen LogP contribution < -0.4 is 11.3 Å². The fraction of sp³-hybridized carbons (Fsp3) is 0.333. The summed E-state index contributed by atoms with van der Waals surface area (Å²) in [5, 5.41) is 7.12. The highest BCUT2D eigenvalue weighted by Gasteiger charge is 2.38. The third-order valence-electron chi connectivity index (χ3n) is 1.87. The van der Waals surface area contributed by atoms with Crippen LogP contribution in [0.3, 0.4) is 0 Å². The van der Waals surface area contributed by atoms with Gasteiger partial charge in [-0.1, -0.05) is 0 Å². The van der Waals surface area contributed by atoms with Crippen molar-refractivity contribution < 1.29 is 37.5 Å². The fourth-order valence-corrected chi connectivity index (χ4v) is 0.937. The van der Waals surface area contributed by atoms with Crippen molar-refractivity contribution in [3.8, 4) is 0 Å². The summed E-state index contributed by atoms with van der Waals surface area (Å²) in [6.07, 6.45) is -2.72. The number of nitrogens with one attached hydrogen (secondary N) is 1. The van der Waals surface area contributed by atoms with Crippen LogP contribution in [0.2, 0.25) is 0 Å². The highest BCUT2D eigenvalue weighted by molar-refractivity contribution is 6.13. The molecule has 0 aromatic heterocycles. The Morgan fingerprint density at radius 2 is 1.65 bits per heavy atom. The Hall–Kier alpha value is -2.43. The normalized spacial score (nSPS) is 13.9. The number of rotatable bonds is 3. The van der Waals surface area contributed by atoms with Gasteiger partial charge in [-0.2, -0.15) is 13.2 Å². The van der Waals surface area contributed by atoms with Crippen LogP contribution in [0.1, 0.15) is 6.42 Å². The summed E-state index contributed by atoms with van der Waals surface area (Å²) in [4.78, 5) is 42.4. The first-order valence-corrected chi connectivity index (χ1v) is 4.92. The van der Waals surface area contributed by atoms with Crippen LogP contribution in [0.4, 0.5) is 13.2 Å². The quantitative estimate of drug-likeness (QED) is 0.263. The first kappa shape index (κ1) is 17.6. The maximum atomic E-state index is 10.9. The first-order valence-electron chi connectivity index (χ1n) is 4.92. The number of carboxylic acids is 1. The van der Waals surface area contributed by atoms with Crippen molar-refractivity contribution in [1.82, 2.24) is 10.3 Å². The van der Waals surface area contributed by atoms with Crippen LogP contribution in [-0.4, -0.2) is 46.4 Å². The zero-order chi connectivity index (χ0) is 15.9. The van der Waals surface area contributed by atoms with Gasteiger partial charge in [0.15, 0.2) is 0 Å². The van der Waals surface area contributed by atoms with E-state index in [4.69, 9.17) is 15.7 Å². The average molecular weight is 297 g/mol. The van der Waals surface area contributed by atoms with Crippen LogP contribution in [0.25, 0.3) is 0 Å². The van der Waals surface area contributed by atoms with Gasteiger partial charge in [-0.3, -0.25) is 24.7 Å². The Morgan fingerprint density at radius 1 is 1.25 bits per heavy atom. The lowest BCUT2D eigenvalue weighted by Crippen LogP contribution is -2.36. The van der Waals surface area contributed by atoms with Crippen molar-refractivity contribution in [3.63, 3.8) is 0 Å². The third kappa shape index (κ3) is 5.95. The Balaban J connectivity index is 0.000000441. The molecule has 1 aliphatic heterocycles. The molecule has 3 amide bonds. The van der Waals surface area contributed by atoms with E-state index in [1.54, 1.807) is 0 Å². The predicted octanol–water partition coefficient (Wildman–Crippen LogP) is -1.08. The van der Waals surface area contributed by atoms with Crippen LogP contribution in [0, 0.1) is 0 Å². The van der Waals surface area contributed by atoms with E-state index in [9.17, 15) is 27.6 Å². The van der Waals surface area contributed by atoms with Crippen molar-refractivity contribution in [2.24, 2.45) is 5.84 Å². The van der Waals surface area contributed by atoms with Gasteiger partial charge < -0.3 is 5.11 Å². The van der Waals surface area contributed by atoms with Gasteiger partial charge in [0.1, 0.15) is 0 Å². The maximum absolute atomic E-state index is 10.9. The molecule has 0 radical (unpaired) electrons. The van der Waals surface area contributed by atoms with E-state index in [1.165, 1.54) is 12.2 Å². The molecule has 0 fully saturated rings. The maximum Gasteiger partial charge on any atom is 0.490 e. The molecule has 0 unspecified atom stereocenters. The van der Waals surface area contributed by atoms with E-state index in [0.717, 1.165) is 4.90 Å². The van der Waals surface area contributed by atoms with Crippen molar-refractivity contribution in [2.75, 3.05) is 6.54 Å². The van der Waals surface area contributed by atoms with E-state index < -0.39 is 29.9 Å². The minimum absolute atomic E-state index is 0.0235. The van der Waals surface area contributed by atoms with E-state index in [1.807, 2.05) is 5.43 Å². The zero-order valence-corrected chi connectivity index (χ0v) is 9.81. The van der Waals surface area contributed by atoms with Crippen LogP contribution >= 0.6 is 0 Å². The molecular weight excluding hydrogens is 287 g/mol. The van der Waals surface area contributed by atoms with Crippen LogP contribution in [-0.2, 0) is 19.2 Å². The molecule has 8 nitrogen and oxygen atoms in total. The van der Waals surface area contributed by atoms with Crippen molar-refractivity contribution in [1.29, 1.82) is 0 Å². The Bertz CT molecular complexity index is 429. The monoisotopic (exact) mass is 297 g/mol. The number of imide groups is 1. The molecule has 20 heavy (non-hydrogen) atoms. The van der Waals surface area contributed by atoms with Gasteiger partial charge in [0.2, 0.25) is 5.91 Å². The van der Waals surface area contributed by atoms with E-state index >= 15 is 0 Å². The number of nitrogens with two attached hydrogens (primary N) is 1. The van der Waals surface area contributed by atoms with Gasteiger partial charge in [-0.25, -0.2) is 10.6 Å². The number of hydrogen-bond acceptors (Lipinski definition) is 5. The highest BCUT2D eigenvalue weighted by atomic mass is 19.4. The summed E-state index contributed by atoms with van der Waals surface area (Å²) < 4.78 is 31.7. The van der Waals surface area contributed by atoms with Gasteiger partial charge in [-0.05, 0) is 0 Å². The number of amides is 3. The van der Waals surface area contributed by atoms with E-state index in [2.05, 4.69) is 0 Å². The second-order valence-corrected chi connectivity index (χ2v) is 3.28. The zero-order valence-electron chi connectivity index (χ0n) is 9.81. The van der Waals surface area contributed by atoms with Crippen molar-refractivity contribution in [3.05, 3.63) is 12.2 Å². The molecule has 0 bridgehead atoms. The number of hydrazine groups is 1. The summed E-state index contributed by atoms with van der Waals surface area (Å²) in [6.45, 7) is 0.0632. The second-order valence-electron chi connectivity index (χ2n) is 3.28. The standard InChI is InChI=1S/C7H9N3O3.C2HF3O2/c8-9-5(11)3-4-10-6(12)1-2-7(10)13;3-2(4,5)1(6)7/h1-2H,3-4,8H2,(H,9,11);(H,6,7). The number of carboxylic acid groups (broad SMARTS) is 1. The molecule has 0 saturated carbocycles. The number of carbonyl (C=O) groups excluding carboxylic acids is 3. The number of halogens is 3. The number of hydrogen-bond donors (Lipinski definition) is 3. The molecular formula is C9H10F3N3O5. The molecule has 0 aliphatic carbocycles. The molecule has 1 rings (SSSR count). The summed E-state index contributed by atoms with van der Waals surface area (Å²) in [7, 11) is 0. The summed E-state index contributed by atoms with van der Waals surface area (Å²) in [5.41, 5.74) is 1.91. The fourth-order valence-electron chi connectivity index (χ4n) is 0.937. The lowest BCUT2D eigenvalue weighted by molar-refractivity contribution is -0.192. The predicted molar refractivity (Wildman–Crippen MR) is 56.5 cm³/mol. The van der Waals surface area contributed by atoms with Gasteiger partial charge in [0, 0.05) is 25.1 Å². The Morgan fingerprint density at radius 3 is 1.95 bits per heavy atom. The Kier molecular flexibility index (Phi) is 6.35. The summed E-state index contributed by atoms with van der Waals surface area (Å²) in [6, 6.07) is 0. The molecule has 0 aromatic carbocycles. The molecule has 112 valence electrons. The Labute approximate surface area is 110 Å². The largest absolute Gasteiger partial charge is 0.490 e. The molecule has 0 aromatic rings. The molecule has 4 N–H and O–H groups in total. The minimum atomic E-state index is -5.08. The first-order chi connectivity index (χ1) is 9.09. The van der Waals surface area contributed by atoms with Crippen molar-refractivity contribution in [2.45, 2.75) is 12.6 Å². The third-order valence-corrected chi connectivity index (χ3v) is 1.87. The number of aliphatic carboxylic acids is 1. The SMILES string of the molecule is NNC(=O)CCN1C(=O)C=CC1=O.O=C(O)C(F)(F)F. The van der Waals surface area contributed by atoms with Crippen LogP contribution in [0.15, 0.2) is 12.2 Å². The summed E-state index contributed by atoms with van der Waals surface area (Å²) >= 11 is 0. The van der Waals surface area contributed by atoms with Gasteiger partial charge in [0.25, 0.3) is 11.8 Å². The summed E-state index contributed by atoms with van der Waals surface area (Å²) in [5.74, 6) is 0.869. The smallest absolute Gasteiger partial charge is 0.475 e. The van der Waals surface area contributed by atoms with E-state index in [0.29, 0.717) is 0 Å². The molecule has 0 atom stereocenters. The molecule has 1 heterocycles. The molecule has 0 spiro atoms. The second kappa shape index (κ2) is 7.23. The molecule has 0 saturated heterocycles. The van der Waals surface area contributed by atoms with Crippen LogP contribution in [0.5, 0.6) is 0 Å². The van der Waals surface area contributed by atoms with Crippen molar-refractivity contribution >= 4 is 23.7 Å². The van der Waals surface area contributed by atoms with Gasteiger partial charge >= 0.3 is 12.1 Å².